The van der Waals surface area contributed by atoms with E-state index in [9.17, 15) is 29.0 Å². The molecule has 4 rings (SSSR count). The molecule has 2 N–H and O–H groups in total. The highest BCUT2D eigenvalue weighted by molar-refractivity contribution is 7.94. The third-order valence-electron chi connectivity index (χ3n) is 4.96. The fourth-order valence-electron chi connectivity index (χ4n) is 3.27. The summed E-state index contributed by atoms with van der Waals surface area (Å²) in [4.78, 5) is 23.9. The van der Waals surface area contributed by atoms with E-state index in [1.165, 1.54) is 77.4 Å². The molecule has 0 bridgehead atoms. The predicted molar refractivity (Wildman–Crippen MR) is 127 cm³/mol. The number of ether oxygens (including phenoxy) is 1. The summed E-state index contributed by atoms with van der Waals surface area (Å²) in [5.41, 5.74) is 0.490. The monoisotopic (exact) mass is 547 g/mol. The predicted octanol–water partition coefficient (Wildman–Crippen LogP) is 3.11. The molecule has 0 aliphatic heterocycles. The van der Waals surface area contributed by atoms with Crippen LogP contribution in [0.3, 0.4) is 0 Å². The van der Waals surface area contributed by atoms with Crippen LogP contribution in [0.1, 0.15) is 0 Å². The van der Waals surface area contributed by atoms with Gasteiger partial charge in [-0.15, -0.1) is 0 Å². The van der Waals surface area contributed by atoms with Crippen molar-refractivity contribution in [3.05, 3.63) is 80.9 Å². The van der Waals surface area contributed by atoms with Gasteiger partial charge in [0.05, 0.1) is 55.5 Å². The van der Waals surface area contributed by atoms with Gasteiger partial charge >= 0.3 is 5.82 Å². The molecule has 0 aliphatic rings. The van der Waals surface area contributed by atoms with Gasteiger partial charge in [0.15, 0.2) is 16.8 Å². The van der Waals surface area contributed by atoms with Crippen molar-refractivity contribution in [1.82, 2.24) is 15.0 Å². The highest BCUT2D eigenvalue weighted by atomic mass is 32.2. The first-order valence-electron chi connectivity index (χ1n) is 9.94. The zero-order valence-corrected chi connectivity index (χ0v) is 20.2. The van der Waals surface area contributed by atoms with Crippen molar-refractivity contribution in [2.24, 2.45) is 0 Å². The molecule has 1 unspecified atom stereocenters. The van der Waals surface area contributed by atoms with E-state index in [2.05, 4.69) is 14.5 Å². The summed E-state index contributed by atoms with van der Waals surface area (Å²) < 4.78 is 30.4. The van der Waals surface area contributed by atoms with Crippen molar-refractivity contribution in [2.75, 3.05) is 7.11 Å². The van der Waals surface area contributed by atoms with Gasteiger partial charge in [-0.25, -0.2) is 9.47 Å². The summed E-state index contributed by atoms with van der Waals surface area (Å²) in [6.07, 6.45) is 0. The number of aromatic nitrogens is 4. The first-order chi connectivity index (χ1) is 17.7. The molecular formula is C20H15N6O9S2+. The smallest absolute Gasteiger partial charge is 0.341 e. The van der Waals surface area contributed by atoms with Crippen LogP contribution in [0.5, 0.6) is 5.75 Å². The van der Waals surface area contributed by atoms with Crippen LogP contribution in [0.15, 0.2) is 70.5 Å². The minimum absolute atomic E-state index is 0.0306. The molecule has 1 heterocycles. The maximum absolute atomic E-state index is 11.5. The van der Waals surface area contributed by atoms with E-state index in [4.69, 9.17) is 9.99 Å². The van der Waals surface area contributed by atoms with Gasteiger partial charge in [0.25, 0.3) is 11.4 Å². The van der Waals surface area contributed by atoms with Gasteiger partial charge in [-0.1, -0.05) is 0 Å². The molecule has 0 saturated carbocycles. The van der Waals surface area contributed by atoms with E-state index >= 15 is 0 Å². The summed E-state index contributed by atoms with van der Waals surface area (Å²) in [5.74, 6) is 0.134. The molecule has 1 aromatic heterocycles. The average molecular weight is 548 g/mol. The lowest BCUT2D eigenvalue weighted by Gasteiger charge is -2.05. The molecular weight excluding hydrogens is 532 g/mol. The SMILES string of the molecule is COc1cc([N+](=O)[O-])ccc1-[n+]1nc(-c2ccc(S(=O)O)cc2SOO)nn1-c1ccc([N+](=O)[O-])cc1. The van der Waals surface area contributed by atoms with Gasteiger partial charge in [-0.3, -0.25) is 20.2 Å². The van der Waals surface area contributed by atoms with Crippen LogP contribution in [0, 0.1) is 20.2 Å². The van der Waals surface area contributed by atoms with Crippen LogP contribution in [-0.2, 0) is 15.4 Å². The van der Waals surface area contributed by atoms with Crippen LogP contribution in [-0.4, -0.2) is 46.0 Å². The minimum atomic E-state index is -2.31. The Morgan fingerprint density at radius 1 is 1.03 bits per heavy atom. The maximum atomic E-state index is 11.5. The second-order valence-electron chi connectivity index (χ2n) is 7.05. The summed E-state index contributed by atoms with van der Waals surface area (Å²) in [6, 6.07) is 13.3. The quantitative estimate of drug-likeness (QED) is 0.0776. The molecule has 4 aromatic rings. The van der Waals surface area contributed by atoms with Crippen LogP contribution in [0.4, 0.5) is 11.4 Å². The normalized spacial score (nSPS) is 11.8. The first kappa shape index (κ1) is 25.8. The highest BCUT2D eigenvalue weighted by Gasteiger charge is 2.29. The average Bonchev–Trinajstić information content (AvgIpc) is 3.33. The van der Waals surface area contributed by atoms with Crippen LogP contribution < -0.4 is 9.53 Å². The number of tetrazole rings is 1. The first-order valence-corrected chi connectivity index (χ1v) is 11.8. The molecule has 37 heavy (non-hydrogen) atoms. The Hall–Kier alpha value is -4.29. The summed E-state index contributed by atoms with van der Waals surface area (Å²) in [7, 11) is 1.32. The third-order valence-corrected chi connectivity index (χ3v) is 6.21. The van der Waals surface area contributed by atoms with Crippen molar-refractivity contribution in [1.29, 1.82) is 0 Å². The number of nitro benzene ring substituents is 2. The van der Waals surface area contributed by atoms with Crippen molar-refractivity contribution in [2.45, 2.75) is 9.79 Å². The number of rotatable bonds is 9. The number of nitrogens with zero attached hydrogens (tertiary/aromatic N) is 6. The fraction of sp³-hybridized carbons (Fsp3) is 0.0500. The summed E-state index contributed by atoms with van der Waals surface area (Å²) in [5, 5.41) is 40.3. The molecule has 1 atom stereocenters. The van der Waals surface area contributed by atoms with E-state index in [1.807, 2.05) is 0 Å². The Balaban J connectivity index is 1.95. The van der Waals surface area contributed by atoms with Crippen molar-refractivity contribution in [3.63, 3.8) is 0 Å². The second-order valence-corrected chi connectivity index (χ2v) is 8.78. The topological polar surface area (TPSA) is 197 Å². The number of methoxy groups -OCH3 is 1. The number of nitro groups is 2. The van der Waals surface area contributed by atoms with E-state index in [0.717, 1.165) is 0 Å². The lowest BCUT2D eigenvalue weighted by Crippen LogP contribution is -2.43. The fourth-order valence-corrected chi connectivity index (χ4v) is 4.26. The summed E-state index contributed by atoms with van der Waals surface area (Å²) in [6.45, 7) is 0. The zero-order chi connectivity index (χ0) is 26.7. The number of benzene rings is 3. The van der Waals surface area contributed by atoms with Gasteiger partial charge in [-0.05, 0) is 40.2 Å². The van der Waals surface area contributed by atoms with Crippen LogP contribution >= 0.6 is 12.0 Å². The van der Waals surface area contributed by atoms with Gasteiger partial charge in [-0.2, -0.15) is 4.33 Å². The lowest BCUT2D eigenvalue weighted by molar-refractivity contribution is -0.734. The molecule has 0 spiro atoms. The molecule has 190 valence electrons. The Labute approximate surface area is 213 Å². The molecule has 15 nitrogen and oxygen atoms in total. The molecule has 0 amide bonds. The maximum Gasteiger partial charge on any atom is 0.341 e. The Morgan fingerprint density at radius 2 is 1.70 bits per heavy atom. The number of hydrogen-bond donors (Lipinski definition) is 2. The van der Waals surface area contributed by atoms with E-state index in [1.54, 1.807) is 0 Å². The van der Waals surface area contributed by atoms with Crippen LogP contribution in [0.2, 0.25) is 0 Å². The zero-order valence-electron chi connectivity index (χ0n) is 18.5. The number of hydrogen-bond acceptors (Lipinski definition) is 11. The Morgan fingerprint density at radius 3 is 2.30 bits per heavy atom. The standard InChI is InChI=1S/C20H14N6O9S2/c1-34-18-10-14(26(29)30)6-9-17(18)24-22-20(16-8-7-15(37(32)33)11-19(16)36-35-31)21-23(24)12-2-4-13(5-3-12)25(27)28/h2-11H,1H3,(H-,31,32,33)/p+1. The van der Waals surface area contributed by atoms with Gasteiger partial charge < -0.3 is 9.29 Å². The third kappa shape index (κ3) is 5.29. The van der Waals surface area contributed by atoms with E-state index in [-0.39, 0.29) is 38.4 Å². The molecule has 3 aromatic carbocycles. The highest BCUT2D eigenvalue weighted by Crippen LogP contribution is 2.32. The van der Waals surface area contributed by atoms with E-state index < -0.39 is 20.9 Å². The molecule has 0 fully saturated rings. The van der Waals surface area contributed by atoms with E-state index in [0.29, 0.717) is 23.3 Å². The summed E-state index contributed by atoms with van der Waals surface area (Å²) >= 11 is -1.82. The van der Waals surface area contributed by atoms with Crippen molar-refractivity contribution in [3.8, 4) is 28.5 Å². The van der Waals surface area contributed by atoms with Crippen LogP contribution in [0.25, 0.3) is 22.8 Å². The van der Waals surface area contributed by atoms with Gasteiger partial charge in [0.2, 0.25) is 5.69 Å². The molecule has 0 aliphatic carbocycles. The lowest BCUT2D eigenvalue weighted by atomic mass is 10.2. The van der Waals surface area contributed by atoms with Crippen molar-refractivity contribution >= 4 is 34.5 Å². The Bertz CT molecular complexity index is 1530. The second kappa shape index (κ2) is 10.8. The number of non-ortho nitro benzene ring substituents is 2. The minimum Gasteiger partial charge on any atom is -0.492 e. The van der Waals surface area contributed by atoms with Gasteiger partial charge in [0.1, 0.15) is 5.69 Å². The largest absolute Gasteiger partial charge is 0.492 e. The van der Waals surface area contributed by atoms with Crippen molar-refractivity contribution < 1.29 is 37.7 Å². The molecule has 0 saturated heterocycles. The molecule has 17 heteroatoms. The molecule has 0 radical (unpaired) electrons. The Kier molecular flexibility index (Phi) is 7.50. The van der Waals surface area contributed by atoms with Gasteiger partial charge in [0, 0.05) is 29.1 Å².